The van der Waals surface area contributed by atoms with Crippen molar-refractivity contribution in [3.63, 3.8) is 0 Å². The molecule has 1 aromatic carbocycles. The summed E-state index contributed by atoms with van der Waals surface area (Å²) in [5.41, 5.74) is 3.92. The normalized spacial score (nSPS) is 23.4. The maximum absolute atomic E-state index is 10.6. The van der Waals surface area contributed by atoms with Crippen molar-refractivity contribution in [2.45, 2.75) is 44.6 Å². The number of fused-ring (bicyclic) bond motifs is 1. The van der Waals surface area contributed by atoms with Crippen LogP contribution in [0.1, 0.15) is 42.7 Å². The number of carbonyl (C=O) groups excluding carboxylic acids is 1. The summed E-state index contributed by atoms with van der Waals surface area (Å²) in [6.45, 7) is 2.13. The topological polar surface area (TPSA) is 44.9 Å². The molecule has 0 radical (unpaired) electrons. The van der Waals surface area contributed by atoms with Crippen LogP contribution < -0.4 is 5.32 Å². The maximum atomic E-state index is 10.6. The van der Waals surface area contributed by atoms with E-state index in [9.17, 15) is 4.79 Å². The van der Waals surface area contributed by atoms with Crippen molar-refractivity contribution in [2.75, 3.05) is 0 Å². The molecule has 3 heteroatoms. The van der Waals surface area contributed by atoms with Crippen LogP contribution in [0.3, 0.4) is 0 Å². The van der Waals surface area contributed by atoms with E-state index >= 15 is 0 Å². The van der Waals surface area contributed by atoms with Gasteiger partial charge in [-0.25, -0.2) is 0 Å². The molecule has 1 aliphatic rings. The number of hydrogen-bond acceptors (Lipinski definition) is 1. The summed E-state index contributed by atoms with van der Waals surface area (Å²) in [5, 5.41) is 4.29. The summed E-state index contributed by atoms with van der Waals surface area (Å²) in [5.74, 6) is 0.557. The van der Waals surface area contributed by atoms with Crippen LogP contribution in [0.5, 0.6) is 0 Å². The first-order chi connectivity index (χ1) is 9.28. The molecule has 2 atom stereocenters. The molecule has 1 amide bonds. The van der Waals surface area contributed by atoms with Gasteiger partial charge in [0.15, 0.2) is 0 Å². The highest BCUT2D eigenvalue weighted by molar-refractivity contribution is 5.84. The predicted molar refractivity (Wildman–Crippen MR) is 77.2 cm³/mol. The van der Waals surface area contributed by atoms with E-state index in [4.69, 9.17) is 0 Å². The second-order valence-electron chi connectivity index (χ2n) is 5.64. The second-order valence-corrected chi connectivity index (χ2v) is 5.64. The number of aromatic nitrogens is 1. The number of nitrogens with one attached hydrogen (secondary N) is 2. The molecular formula is C16H20N2O. The molecule has 2 N–H and O–H groups in total. The third-order valence-electron chi connectivity index (χ3n) is 4.29. The molecule has 2 aromatic rings. The summed E-state index contributed by atoms with van der Waals surface area (Å²) < 4.78 is 0. The van der Waals surface area contributed by atoms with Crippen molar-refractivity contribution in [1.29, 1.82) is 0 Å². The number of aromatic amines is 1. The zero-order valence-corrected chi connectivity index (χ0v) is 11.3. The van der Waals surface area contributed by atoms with E-state index in [1.807, 2.05) is 0 Å². The molecule has 19 heavy (non-hydrogen) atoms. The lowest BCUT2D eigenvalue weighted by Gasteiger charge is -2.28. The van der Waals surface area contributed by atoms with Crippen LogP contribution in [-0.4, -0.2) is 17.4 Å². The van der Waals surface area contributed by atoms with Gasteiger partial charge in [0.05, 0.1) is 0 Å². The third kappa shape index (κ3) is 2.37. The first-order valence-corrected chi connectivity index (χ1v) is 7.05. The van der Waals surface area contributed by atoms with Crippen molar-refractivity contribution in [2.24, 2.45) is 0 Å². The minimum atomic E-state index is 0.339. The Morgan fingerprint density at radius 2 is 2.26 bits per heavy atom. The van der Waals surface area contributed by atoms with E-state index in [1.165, 1.54) is 34.9 Å². The third-order valence-corrected chi connectivity index (χ3v) is 4.29. The molecule has 0 bridgehead atoms. The lowest BCUT2D eigenvalue weighted by molar-refractivity contribution is -0.110. The van der Waals surface area contributed by atoms with Crippen LogP contribution in [0.4, 0.5) is 0 Å². The summed E-state index contributed by atoms with van der Waals surface area (Å²) in [6.07, 6.45) is 7.56. The molecule has 0 aliphatic heterocycles. The standard InChI is InChI=1S/C16H20N2O/c1-11-5-6-16-14(7-11)15(9-17-16)12-3-2-4-13(8-12)18-10-19/h5-7,9-10,12-13,17H,2-4,8H2,1H3,(H,18,19)/t12-,13+/m0/s1. The van der Waals surface area contributed by atoms with E-state index in [-0.39, 0.29) is 0 Å². The molecule has 0 saturated heterocycles. The Hall–Kier alpha value is -1.77. The minimum Gasteiger partial charge on any atom is -0.361 e. The van der Waals surface area contributed by atoms with Crippen molar-refractivity contribution in [3.05, 3.63) is 35.5 Å². The van der Waals surface area contributed by atoms with E-state index in [1.54, 1.807) is 0 Å². The van der Waals surface area contributed by atoms with Gasteiger partial charge >= 0.3 is 0 Å². The molecule has 100 valence electrons. The molecule has 1 heterocycles. The van der Waals surface area contributed by atoms with Gasteiger partial charge < -0.3 is 10.3 Å². The lowest BCUT2D eigenvalue weighted by Crippen LogP contribution is -2.32. The van der Waals surface area contributed by atoms with Gasteiger partial charge in [-0.15, -0.1) is 0 Å². The van der Waals surface area contributed by atoms with E-state index in [0.29, 0.717) is 12.0 Å². The van der Waals surface area contributed by atoms with Gasteiger partial charge in [0.25, 0.3) is 0 Å². The van der Waals surface area contributed by atoms with Gasteiger partial charge in [-0.05, 0) is 49.8 Å². The highest BCUT2D eigenvalue weighted by Crippen LogP contribution is 2.36. The van der Waals surface area contributed by atoms with E-state index in [0.717, 1.165) is 19.3 Å². The summed E-state index contributed by atoms with van der Waals surface area (Å²) in [7, 11) is 0. The minimum absolute atomic E-state index is 0.339. The van der Waals surface area contributed by atoms with Crippen molar-refractivity contribution in [3.8, 4) is 0 Å². The van der Waals surface area contributed by atoms with Gasteiger partial charge in [-0.2, -0.15) is 0 Å². The number of carbonyl (C=O) groups is 1. The Labute approximate surface area is 113 Å². The van der Waals surface area contributed by atoms with E-state index in [2.05, 4.69) is 41.6 Å². The first-order valence-electron chi connectivity index (χ1n) is 7.05. The van der Waals surface area contributed by atoms with Crippen molar-refractivity contribution in [1.82, 2.24) is 10.3 Å². The number of benzene rings is 1. The number of hydrogen-bond donors (Lipinski definition) is 2. The first kappa shape index (κ1) is 12.3. The molecule has 3 nitrogen and oxygen atoms in total. The number of aryl methyl sites for hydroxylation is 1. The van der Waals surface area contributed by atoms with Gasteiger partial charge in [0, 0.05) is 23.1 Å². The van der Waals surface area contributed by atoms with Crippen molar-refractivity contribution < 1.29 is 4.79 Å². The molecule has 1 saturated carbocycles. The average Bonchev–Trinajstić information content (AvgIpc) is 2.82. The molecule has 3 rings (SSSR count). The van der Waals surface area contributed by atoms with Gasteiger partial charge in [0.1, 0.15) is 0 Å². The van der Waals surface area contributed by atoms with Crippen LogP contribution in [0.25, 0.3) is 10.9 Å². The van der Waals surface area contributed by atoms with Crippen LogP contribution in [0.15, 0.2) is 24.4 Å². The average molecular weight is 256 g/mol. The number of H-pyrrole nitrogens is 1. The van der Waals surface area contributed by atoms with Crippen LogP contribution >= 0.6 is 0 Å². The highest BCUT2D eigenvalue weighted by Gasteiger charge is 2.24. The zero-order valence-electron chi connectivity index (χ0n) is 11.3. The van der Waals surface area contributed by atoms with Crippen LogP contribution in [0, 0.1) is 6.92 Å². The summed E-state index contributed by atoms with van der Waals surface area (Å²) >= 11 is 0. The Morgan fingerprint density at radius 3 is 3.11 bits per heavy atom. The molecular weight excluding hydrogens is 236 g/mol. The van der Waals surface area contributed by atoms with Crippen molar-refractivity contribution >= 4 is 17.3 Å². The largest absolute Gasteiger partial charge is 0.361 e. The Morgan fingerprint density at radius 1 is 1.37 bits per heavy atom. The number of rotatable bonds is 3. The molecule has 1 fully saturated rings. The smallest absolute Gasteiger partial charge is 0.207 e. The molecule has 1 aromatic heterocycles. The zero-order chi connectivity index (χ0) is 13.2. The lowest BCUT2D eigenvalue weighted by atomic mass is 9.81. The Balaban J connectivity index is 1.90. The maximum Gasteiger partial charge on any atom is 0.207 e. The summed E-state index contributed by atoms with van der Waals surface area (Å²) in [4.78, 5) is 14.0. The van der Waals surface area contributed by atoms with Gasteiger partial charge in [-0.1, -0.05) is 18.1 Å². The van der Waals surface area contributed by atoms with Crippen LogP contribution in [0.2, 0.25) is 0 Å². The fourth-order valence-electron chi connectivity index (χ4n) is 3.31. The number of amides is 1. The fourth-order valence-corrected chi connectivity index (χ4v) is 3.31. The molecule has 1 aliphatic carbocycles. The molecule has 0 spiro atoms. The SMILES string of the molecule is Cc1ccc2[nH]cc([C@H]3CCC[C@@H](NC=O)C3)c2c1. The summed E-state index contributed by atoms with van der Waals surface area (Å²) in [6, 6.07) is 6.89. The molecule has 0 unspecified atom stereocenters. The second kappa shape index (κ2) is 5.08. The monoisotopic (exact) mass is 256 g/mol. The van der Waals surface area contributed by atoms with E-state index < -0.39 is 0 Å². The quantitative estimate of drug-likeness (QED) is 0.813. The highest BCUT2D eigenvalue weighted by atomic mass is 16.1. The van der Waals surface area contributed by atoms with Gasteiger partial charge in [-0.3, -0.25) is 4.79 Å². The fraction of sp³-hybridized carbons (Fsp3) is 0.438. The Bertz CT molecular complexity index is 587. The van der Waals surface area contributed by atoms with Gasteiger partial charge in [0.2, 0.25) is 6.41 Å². The predicted octanol–water partition coefficient (Wildman–Crippen LogP) is 3.25. The van der Waals surface area contributed by atoms with Crippen LogP contribution in [-0.2, 0) is 4.79 Å². The Kier molecular flexibility index (Phi) is 3.28.